The Morgan fingerprint density at radius 2 is 1.81 bits per heavy atom. The first-order chi connectivity index (χ1) is 15.4. The summed E-state index contributed by atoms with van der Waals surface area (Å²) in [4.78, 5) is 25.1. The van der Waals surface area contributed by atoms with Crippen LogP contribution in [0.3, 0.4) is 0 Å². The summed E-state index contributed by atoms with van der Waals surface area (Å²) in [6.07, 6.45) is 2.54. The van der Waals surface area contributed by atoms with E-state index in [9.17, 15) is 9.59 Å². The van der Waals surface area contributed by atoms with Crippen LogP contribution >= 0.6 is 23.4 Å². The summed E-state index contributed by atoms with van der Waals surface area (Å²) in [5.41, 5.74) is 2.31. The van der Waals surface area contributed by atoms with Gasteiger partial charge < -0.3 is 14.5 Å². The van der Waals surface area contributed by atoms with Gasteiger partial charge in [-0.3, -0.25) is 9.59 Å². The first kappa shape index (κ1) is 22.1. The third kappa shape index (κ3) is 4.71. The Balaban J connectivity index is 1.35. The van der Waals surface area contributed by atoms with Gasteiger partial charge in [-0.15, -0.1) is 10.2 Å². The van der Waals surface area contributed by atoms with Crippen molar-refractivity contribution in [3.63, 3.8) is 0 Å². The Morgan fingerprint density at radius 1 is 1.06 bits per heavy atom. The monoisotopic (exact) mass is 467 g/mol. The topological polar surface area (TPSA) is 81.8 Å². The summed E-state index contributed by atoms with van der Waals surface area (Å²) in [7, 11) is 3.77. The van der Waals surface area contributed by atoms with Gasteiger partial charge in [0.05, 0.1) is 16.5 Å². The number of nitrogens with one attached hydrogen (secondary N) is 1. The molecule has 1 N–H and O–H groups in total. The van der Waals surface area contributed by atoms with Crippen molar-refractivity contribution in [1.82, 2.24) is 19.3 Å². The molecule has 32 heavy (non-hydrogen) atoms. The average molecular weight is 468 g/mol. The summed E-state index contributed by atoms with van der Waals surface area (Å²) >= 11 is 7.42. The number of hydrogen-bond donors (Lipinski definition) is 1. The van der Waals surface area contributed by atoms with Gasteiger partial charge in [0.1, 0.15) is 5.82 Å². The van der Waals surface area contributed by atoms with Crippen molar-refractivity contribution in [2.45, 2.75) is 18.0 Å². The van der Waals surface area contributed by atoms with Gasteiger partial charge in [0, 0.05) is 49.6 Å². The number of Topliss-reactive ketones (excluding diaryl/α,β-unsaturated/α-hetero) is 1. The van der Waals surface area contributed by atoms with Gasteiger partial charge in [-0.25, -0.2) is 0 Å². The van der Waals surface area contributed by atoms with E-state index in [0.717, 1.165) is 10.9 Å². The van der Waals surface area contributed by atoms with E-state index in [-0.39, 0.29) is 23.9 Å². The van der Waals surface area contributed by atoms with Crippen LogP contribution in [0.4, 0.5) is 5.69 Å². The lowest BCUT2D eigenvalue weighted by Crippen LogP contribution is -2.14. The van der Waals surface area contributed by atoms with Crippen molar-refractivity contribution in [2.24, 2.45) is 14.1 Å². The Kier molecular flexibility index (Phi) is 6.62. The van der Waals surface area contributed by atoms with Gasteiger partial charge in [-0.1, -0.05) is 53.7 Å². The van der Waals surface area contributed by atoms with Crippen molar-refractivity contribution in [3.05, 3.63) is 71.1 Å². The molecule has 4 rings (SSSR count). The minimum absolute atomic E-state index is 0.0375. The molecule has 0 fully saturated rings. The molecule has 0 aliphatic heterocycles. The highest BCUT2D eigenvalue weighted by Crippen LogP contribution is 2.24. The van der Waals surface area contributed by atoms with Crippen molar-refractivity contribution in [2.75, 3.05) is 11.1 Å². The molecule has 0 saturated heterocycles. The number of aryl methyl sites for hydroxylation is 2. The second kappa shape index (κ2) is 9.58. The van der Waals surface area contributed by atoms with Crippen LogP contribution in [-0.2, 0) is 25.3 Å². The van der Waals surface area contributed by atoms with Crippen LogP contribution in [0.1, 0.15) is 22.6 Å². The maximum Gasteiger partial charge on any atom is 0.224 e. The largest absolute Gasteiger partial charge is 0.350 e. The number of carbonyl (C=O) groups is 2. The number of para-hydroxylation sites is 2. The Morgan fingerprint density at radius 3 is 2.62 bits per heavy atom. The fraction of sp³-hybridized carbons (Fsp3) is 0.217. The van der Waals surface area contributed by atoms with Gasteiger partial charge in [0.2, 0.25) is 5.91 Å². The fourth-order valence-electron chi connectivity index (χ4n) is 3.46. The smallest absolute Gasteiger partial charge is 0.224 e. The number of benzene rings is 2. The molecule has 2 aromatic heterocycles. The van der Waals surface area contributed by atoms with Crippen molar-refractivity contribution in [1.29, 1.82) is 0 Å². The first-order valence-electron chi connectivity index (χ1n) is 10.1. The zero-order valence-electron chi connectivity index (χ0n) is 17.7. The van der Waals surface area contributed by atoms with Crippen LogP contribution < -0.4 is 5.32 Å². The number of ketones is 1. The number of anilines is 1. The molecule has 7 nitrogen and oxygen atoms in total. The maximum absolute atomic E-state index is 12.8. The molecule has 0 spiro atoms. The van der Waals surface area contributed by atoms with Crippen LogP contribution in [0.15, 0.2) is 59.9 Å². The van der Waals surface area contributed by atoms with E-state index in [1.165, 1.54) is 11.8 Å². The zero-order valence-corrected chi connectivity index (χ0v) is 19.3. The molecule has 1 amide bonds. The quantitative estimate of drug-likeness (QED) is 0.304. The van der Waals surface area contributed by atoms with Gasteiger partial charge >= 0.3 is 0 Å². The third-order valence-corrected chi connectivity index (χ3v) is 6.53. The van der Waals surface area contributed by atoms with E-state index >= 15 is 0 Å². The van der Waals surface area contributed by atoms with E-state index in [2.05, 4.69) is 15.5 Å². The molecule has 0 aliphatic rings. The van der Waals surface area contributed by atoms with Crippen LogP contribution in [-0.4, -0.2) is 36.8 Å². The summed E-state index contributed by atoms with van der Waals surface area (Å²) < 4.78 is 3.78. The van der Waals surface area contributed by atoms with Crippen molar-refractivity contribution in [3.8, 4) is 0 Å². The fourth-order valence-corrected chi connectivity index (χ4v) is 4.46. The maximum atomic E-state index is 12.8. The number of hydrogen-bond acceptors (Lipinski definition) is 5. The molecule has 0 aliphatic carbocycles. The Labute approximate surface area is 194 Å². The lowest BCUT2D eigenvalue weighted by molar-refractivity contribution is -0.116. The molecule has 4 aromatic rings. The molecule has 9 heteroatoms. The summed E-state index contributed by atoms with van der Waals surface area (Å²) in [5.74, 6) is 0.823. The normalized spacial score (nSPS) is 11.1. The van der Waals surface area contributed by atoms with Gasteiger partial charge in [0.15, 0.2) is 10.9 Å². The molecule has 164 valence electrons. The highest BCUT2D eigenvalue weighted by atomic mass is 35.5. The summed E-state index contributed by atoms with van der Waals surface area (Å²) in [5, 5.41) is 13.3. The number of halogens is 1. The van der Waals surface area contributed by atoms with E-state index in [0.29, 0.717) is 33.7 Å². The molecule has 2 aromatic carbocycles. The van der Waals surface area contributed by atoms with Crippen molar-refractivity contribution < 1.29 is 9.59 Å². The molecular weight excluding hydrogens is 446 g/mol. The molecular formula is C23H22ClN5O2S. The number of aromatic nitrogens is 4. The minimum Gasteiger partial charge on any atom is -0.350 e. The summed E-state index contributed by atoms with van der Waals surface area (Å²) in [6, 6.07) is 14.9. The second-order valence-corrected chi connectivity index (χ2v) is 8.72. The number of carbonyl (C=O) groups excluding carboxylic acids is 2. The SMILES string of the molecule is Cn1c(CCC(=O)Nc2ccccc2Cl)nnc1SCC(=O)c1cn(C)c2ccccc12. The van der Waals surface area contributed by atoms with Crippen molar-refractivity contribution >= 4 is 51.6 Å². The van der Waals surface area contributed by atoms with Gasteiger partial charge in [-0.05, 0) is 18.2 Å². The molecule has 0 saturated carbocycles. The molecule has 0 unspecified atom stereocenters. The van der Waals surface area contributed by atoms with Crippen LogP contribution in [0.2, 0.25) is 5.02 Å². The molecule has 0 bridgehead atoms. The Hall–Kier alpha value is -3.10. The summed E-state index contributed by atoms with van der Waals surface area (Å²) in [6.45, 7) is 0. The third-order valence-electron chi connectivity index (χ3n) is 5.18. The highest BCUT2D eigenvalue weighted by molar-refractivity contribution is 7.99. The van der Waals surface area contributed by atoms with E-state index in [1.54, 1.807) is 12.1 Å². The predicted molar refractivity (Wildman–Crippen MR) is 127 cm³/mol. The molecule has 0 radical (unpaired) electrons. The molecule has 0 atom stereocenters. The number of nitrogens with zero attached hydrogens (tertiary/aromatic N) is 4. The highest BCUT2D eigenvalue weighted by Gasteiger charge is 2.17. The minimum atomic E-state index is -0.151. The lowest BCUT2D eigenvalue weighted by Gasteiger charge is -2.07. The number of amides is 1. The van der Waals surface area contributed by atoms with Crippen LogP contribution in [0.25, 0.3) is 10.9 Å². The van der Waals surface area contributed by atoms with Crippen LogP contribution in [0, 0.1) is 0 Å². The standard InChI is InChI=1S/C23H22ClN5O2S/c1-28-13-16(15-7-3-6-10-19(15)28)20(30)14-32-23-27-26-21(29(23)2)11-12-22(31)25-18-9-5-4-8-17(18)24/h3-10,13H,11-12,14H2,1-2H3,(H,25,31). The number of fused-ring (bicyclic) bond motifs is 1. The van der Waals surface area contributed by atoms with E-state index < -0.39 is 0 Å². The first-order valence-corrected chi connectivity index (χ1v) is 11.4. The predicted octanol–water partition coefficient (Wildman–Crippen LogP) is 4.51. The van der Waals surface area contributed by atoms with Crippen LogP contribution in [0.5, 0.6) is 0 Å². The average Bonchev–Trinajstić information content (AvgIpc) is 3.32. The number of rotatable bonds is 8. The lowest BCUT2D eigenvalue weighted by atomic mass is 10.1. The second-order valence-electron chi connectivity index (χ2n) is 7.37. The number of thioether (sulfide) groups is 1. The molecule has 2 heterocycles. The van der Waals surface area contributed by atoms with Gasteiger partial charge in [0.25, 0.3) is 0 Å². The van der Waals surface area contributed by atoms with E-state index in [1.807, 2.05) is 65.8 Å². The Bertz CT molecular complexity index is 1300. The zero-order chi connectivity index (χ0) is 22.7. The van der Waals surface area contributed by atoms with E-state index in [4.69, 9.17) is 11.6 Å². The van der Waals surface area contributed by atoms with Gasteiger partial charge in [-0.2, -0.15) is 0 Å².